The monoisotopic (exact) mass is 287 g/mol. The minimum absolute atomic E-state index is 0.00295. The van der Waals surface area contributed by atoms with E-state index in [0.29, 0.717) is 11.4 Å². The van der Waals surface area contributed by atoms with Crippen molar-refractivity contribution in [2.45, 2.75) is 0 Å². The van der Waals surface area contributed by atoms with Gasteiger partial charge in [0.15, 0.2) is 6.61 Å². The average molecular weight is 287 g/mol. The standard InChI is InChI=1S/C16H11F2NO2/c17-12-5-4-11(13(18)8-12)3-1-10-2-6-15-14(7-10)19-16(20)9-21-15/h1-8H,9H2,(H,19,20)/b3-1-. The number of hydrogen-bond donors (Lipinski definition) is 1. The van der Waals surface area contributed by atoms with Gasteiger partial charge in [-0.15, -0.1) is 0 Å². The van der Waals surface area contributed by atoms with Gasteiger partial charge in [-0.3, -0.25) is 4.79 Å². The molecule has 0 aromatic heterocycles. The summed E-state index contributed by atoms with van der Waals surface area (Å²) in [5, 5.41) is 2.70. The predicted octanol–water partition coefficient (Wildman–Crippen LogP) is 3.47. The molecule has 0 fully saturated rings. The van der Waals surface area contributed by atoms with E-state index in [4.69, 9.17) is 4.74 Å². The van der Waals surface area contributed by atoms with Gasteiger partial charge in [0.1, 0.15) is 17.4 Å². The fourth-order valence-corrected chi connectivity index (χ4v) is 2.03. The minimum Gasteiger partial charge on any atom is -0.482 e. The molecule has 21 heavy (non-hydrogen) atoms. The van der Waals surface area contributed by atoms with Crippen molar-refractivity contribution >= 4 is 23.7 Å². The molecule has 1 aliphatic rings. The first kappa shape index (κ1) is 13.3. The number of carbonyl (C=O) groups is 1. The molecule has 3 nitrogen and oxygen atoms in total. The van der Waals surface area contributed by atoms with Gasteiger partial charge in [0.05, 0.1) is 5.69 Å². The van der Waals surface area contributed by atoms with Gasteiger partial charge in [0.25, 0.3) is 5.91 Å². The third-order valence-corrected chi connectivity index (χ3v) is 3.05. The van der Waals surface area contributed by atoms with Gasteiger partial charge in [-0.2, -0.15) is 0 Å². The van der Waals surface area contributed by atoms with Crippen LogP contribution >= 0.6 is 0 Å². The van der Waals surface area contributed by atoms with E-state index in [1.165, 1.54) is 12.1 Å². The highest BCUT2D eigenvalue weighted by Gasteiger charge is 2.15. The summed E-state index contributed by atoms with van der Waals surface area (Å²) < 4.78 is 31.6. The third kappa shape index (κ3) is 2.91. The molecule has 0 radical (unpaired) electrons. The van der Waals surface area contributed by atoms with E-state index < -0.39 is 11.6 Å². The van der Waals surface area contributed by atoms with Gasteiger partial charge in [-0.05, 0) is 29.8 Å². The van der Waals surface area contributed by atoms with Gasteiger partial charge in [-0.1, -0.05) is 18.2 Å². The van der Waals surface area contributed by atoms with Crippen LogP contribution in [0, 0.1) is 11.6 Å². The van der Waals surface area contributed by atoms with E-state index in [1.807, 2.05) is 0 Å². The Hall–Kier alpha value is -2.69. The Kier molecular flexibility index (Phi) is 3.39. The van der Waals surface area contributed by atoms with Gasteiger partial charge >= 0.3 is 0 Å². The highest BCUT2D eigenvalue weighted by atomic mass is 19.1. The molecule has 0 saturated carbocycles. The zero-order valence-corrected chi connectivity index (χ0v) is 10.9. The first-order chi connectivity index (χ1) is 10.1. The van der Waals surface area contributed by atoms with Crippen LogP contribution in [-0.4, -0.2) is 12.5 Å². The van der Waals surface area contributed by atoms with Gasteiger partial charge in [0, 0.05) is 11.6 Å². The highest BCUT2D eigenvalue weighted by molar-refractivity contribution is 5.95. The van der Waals surface area contributed by atoms with Crippen molar-refractivity contribution < 1.29 is 18.3 Å². The average Bonchev–Trinajstić information content (AvgIpc) is 2.46. The van der Waals surface area contributed by atoms with Crippen molar-refractivity contribution in [2.24, 2.45) is 0 Å². The van der Waals surface area contributed by atoms with Crippen molar-refractivity contribution in [2.75, 3.05) is 11.9 Å². The van der Waals surface area contributed by atoms with Crippen molar-refractivity contribution in [1.82, 2.24) is 0 Å². The third-order valence-electron chi connectivity index (χ3n) is 3.05. The van der Waals surface area contributed by atoms with Gasteiger partial charge in [-0.25, -0.2) is 8.78 Å². The second kappa shape index (κ2) is 5.36. The number of hydrogen-bond acceptors (Lipinski definition) is 2. The van der Waals surface area contributed by atoms with Crippen LogP contribution in [0.3, 0.4) is 0 Å². The molecule has 0 atom stereocenters. The maximum atomic E-state index is 13.5. The summed E-state index contributed by atoms with van der Waals surface area (Å²) in [6, 6.07) is 8.64. The van der Waals surface area contributed by atoms with Crippen LogP contribution in [0.5, 0.6) is 5.75 Å². The molecule has 1 amide bonds. The summed E-state index contributed by atoms with van der Waals surface area (Å²) in [4.78, 5) is 11.3. The Morgan fingerprint density at radius 2 is 1.95 bits per heavy atom. The fraction of sp³-hybridized carbons (Fsp3) is 0.0625. The zero-order valence-electron chi connectivity index (χ0n) is 10.9. The number of fused-ring (bicyclic) bond motifs is 1. The van der Waals surface area contributed by atoms with Crippen molar-refractivity contribution in [1.29, 1.82) is 0 Å². The van der Waals surface area contributed by atoms with Crippen LogP contribution in [-0.2, 0) is 4.79 Å². The molecule has 0 unspecified atom stereocenters. The fourth-order valence-electron chi connectivity index (χ4n) is 2.03. The lowest BCUT2D eigenvalue weighted by atomic mass is 10.1. The molecular formula is C16H11F2NO2. The molecule has 1 N–H and O–H groups in total. The number of anilines is 1. The highest BCUT2D eigenvalue weighted by Crippen LogP contribution is 2.29. The Morgan fingerprint density at radius 3 is 2.76 bits per heavy atom. The molecule has 0 bridgehead atoms. The number of halogens is 2. The van der Waals surface area contributed by atoms with Crippen molar-refractivity contribution in [3.8, 4) is 5.75 Å². The number of nitrogens with one attached hydrogen (secondary N) is 1. The molecule has 2 aromatic rings. The van der Waals surface area contributed by atoms with Crippen LogP contribution in [0.25, 0.3) is 12.2 Å². The molecule has 0 aliphatic carbocycles. The minimum atomic E-state index is -0.624. The van der Waals surface area contributed by atoms with Crippen LogP contribution < -0.4 is 10.1 Å². The van der Waals surface area contributed by atoms with Crippen LogP contribution in [0.15, 0.2) is 36.4 Å². The predicted molar refractivity (Wildman–Crippen MR) is 75.9 cm³/mol. The first-order valence-electron chi connectivity index (χ1n) is 6.32. The SMILES string of the molecule is O=C1COc2ccc(/C=C\c3ccc(F)cc3F)cc2N1. The molecular weight excluding hydrogens is 276 g/mol. The number of rotatable bonds is 2. The van der Waals surface area contributed by atoms with Crippen LogP contribution in [0.4, 0.5) is 14.5 Å². The van der Waals surface area contributed by atoms with E-state index in [-0.39, 0.29) is 18.1 Å². The molecule has 3 rings (SSSR count). The molecule has 1 heterocycles. The Morgan fingerprint density at radius 1 is 1.10 bits per heavy atom. The van der Waals surface area contributed by atoms with Crippen molar-refractivity contribution in [3.05, 3.63) is 59.2 Å². The Bertz CT molecular complexity index is 741. The molecule has 5 heteroatoms. The van der Waals surface area contributed by atoms with E-state index in [9.17, 15) is 13.6 Å². The summed E-state index contributed by atoms with van der Waals surface area (Å²) in [7, 11) is 0. The Balaban J connectivity index is 1.86. The number of carbonyl (C=O) groups excluding carboxylic acids is 1. The second-order valence-electron chi connectivity index (χ2n) is 4.59. The summed E-state index contributed by atoms with van der Waals surface area (Å²) in [5.41, 5.74) is 1.63. The maximum absolute atomic E-state index is 13.5. The van der Waals surface area contributed by atoms with Crippen LogP contribution in [0.2, 0.25) is 0 Å². The van der Waals surface area contributed by atoms with Crippen molar-refractivity contribution in [3.63, 3.8) is 0 Å². The number of ether oxygens (including phenoxy) is 1. The lowest BCUT2D eigenvalue weighted by Crippen LogP contribution is -2.25. The number of amides is 1. The lowest BCUT2D eigenvalue weighted by molar-refractivity contribution is -0.118. The summed E-state index contributed by atoms with van der Waals surface area (Å²) in [5.74, 6) is -0.855. The van der Waals surface area contributed by atoms with Gasteiger partial charge in [0.2, 0.25) is 0 Å². The topological polar surface area (TPSA) is 38.3 Å². The summed E-state index contributed by atoms with van der Waals surface area (Å²) in [6.45, 7) is 0.00295. The normalized spacial score (nSPS) is 13.7. The largest absolute Gasteiger partial charge is 0.482 e. The van der Waals surface area contributed by atoms with E-state index in [2.05, 4.69) is 5.32 Å². The smallest absolute Gasteiger partial charge is 0.262 e. The maximum Gasteiger partial charge on any atom is 0.262 e. The quantitative estimate of drug-likeness (QED) is 0.859. The zero-order chi connectivity index (χ0) is 14.8. The van der Waals surface area contributed by atoms with Crippen LogP contribution in [0.1, 0.15) is 11.1 Å². The number of benzene rings is 2. The van der Waals surface area contributed by atoms with E-state index in [0.717, 1.165) is 11.6 Å². The van der Waals surface area contributed by atoms with Gasteiger partial charge < -0.3 is 10.1 Å². The Labute approximate surface area is 119 Å². The molecule has 0 spiro atoms. The molecule has 106 valence electrons. The molecule has 0 saturated heterocycles. The van der Waals surface area contributed by atoms with E-state index >= 15 is 0 Å². The molecule has 2 aromatic carbocycles. The second-order valence-corrected chi connectivity index (χ2v) is 4.59. The summed E-state index contributed by atoms with van der Waals surface area (Å²) in [6.07, 6.45) is 3.22. The molecule has 1 aliphatic heterocycles. The first-order valence-corrected chi connectivity index (χ1v) is 6.32. The van der Waals surface area contributed by atoms with E-state index in [1.54, 1.807) is 30.4 Å². The summed E-state index contributed by atoms with van der Waals surface area (Å²) >= 11 is 0. The lowest BCUT2D eigenvalue weighted by Gasteiger charge is -2.17.